The van der Waals surface area contributed by atoms with Crippen molar-refractivity contribution in [2.75, 3.05) is 44.1 Å². The zero-order valence-electron chi connectivity index (χ0n) is 18.7. The van der Waals surface area contributed by atoms with E-state index in [1.165, 1.54) is 44.9 Å². The predicted molar refractivity (Wildman–Crippen MR) is 127 cm³/mol. The van der Waals surface area contributed by atoms with Gasteiger partial charge in [0.1, 0.15) is 12.3 Å². The molecule has 0 bridgehead atoms. The van der Waals surface area contributed by atoms with Crippen LogP contribution < -0.4 is 14.4 Å². The minimum atomic E-state index is -3.92. The normalized spacial score (nSPS) is 15.0. The molecule has 1 heterocycles. The Labute approximate surface area is 191 Å². The van der Waals surface area contributed by atoms with Gasteiger partial charge in [-0.25, -0.2) is 8.42 Å². The number of carbonyl (C=O) groups is 1. The summed E-state index contributed by atoms with van der Waals surface area (Å²) in [5.74, 6) is 0.191. The quantitative estimate of drug-likeness (QED) is 0.552. The second kappa shape index (κ2) is 11.9. The van der Waals surface area contributed by atoms with E-state index in [2.05, 4.69) is 10.2 Å². The summed E-state index contributed by atoms with van der Waals surface area (Å²) in [6, 6.07) is 14.9. The van der Waals surface area contributed by atoms with E-state index in [0.29, 0.717) is 18.0 Å². The maximum Gasteiger partial charge on any atom is 0.264 e. The van der Waals surface area contributed by atoms with Crippen LogP contribution in [0.25, 0.3) is 0 Å². The van der Waals surface area contributed by atoms with E-state index in [1.807, 2.05) is 0 Å². The molecule has 1 saturated heterocycles. The molecule has 2 aromatic carbocycles. The highest BCUT2D eigenvalue weighted by molar-refractivity contribution is 7.92. The van der Waals surface area contributed by atoms with Crippen LogP contribution in [0.4, 0.5) is 5.69 Å². The molecule has 0 spiro atoms. The zero-order valence-corrected chi connectivity index (χ0v) is 19.5. The van der Waals surface area contributed by atoms with Gasteiger partial charge in [-0.05, 0) is 63.2 Å². The molecule has 0 aliphatic carbocycles. The number of carbonyl (C=O) groups excluding carboxylic acids is 1. The highest BCUT2D eigenvalue weighted by atomic mass is 32.2. The van der Waals surface area contributed by atoms with Crippen LogP contribution in [-0.4, -0.2) is 59.1 Å². The number of nitrogens with zero attached hydrogens (tertiary/aromatic N) is 2. The van der Waals surface area contributed by atoms with Crippen LogP contribution in [0.15, 0.2) is 59.5 Å². The first-order chi connectivity index (χ1) is 15.5. The molecule has 174 valence electrons. The molecular weight excluding hydrogens is 426 g/mol. The summed E-state index contributed by atoms with van der Waals surface area (Å²) in [6.45, 7) is 3.41. The number of likely N-dealkylation sites (tertiary alicyclic amines) is 1. The largest absolute Gasteiger partial charge is 0.497 e. The Hall–Kier alpha value is -2.58. The van der Waals surface area contributed by atoms with Crippen molar-refractivity contribution in [1.29, 1.82) is 0 Å². The lowest BCUT2D eigenvalue weighted by Crippen LogP contribution is -2.41. The van der Waals surface area contributed by atoms with Crippen molar-refractivity contribution < 1.29 is 17.9 Å². The summed E-state index contributed by atoms with van der Waals surface area (Å²) in [6.07, 6.45) is 5.90. The van der Waals surface area contributed by atoms with E-state index in [1.54, 1.807) is 42.5 Å². The lowest BCUT2D eigenvalue weighted by molar-refractivity contribution is -0.119. The first kappa shape index (κ1) is 24.1. The van der Waals surface area contributed by atoms with Crippen molar-refractivity contribution in [3.8, 4) is 5.75 Å². The molecular formula is C24H33N3O4S. The topological polar surface area (TPSA) is 79.0 Å². The van der Waals surface area contributed by atoms with Crippen LogP contribution >= 0.6 is 0 Å². The van der Waals surface area contributed by atoms with Crippen LogP contribution in [0.3, 0.4) is 0 Å². The molecule has 1 amide bonds. The molecule has 3 rings (SSSR count). The monoisotopic (exact) mass is 459 g/mol. The van der Waals surface area contributed by atoms with E-state index >= 15 is 0 Å². The number of ether oxygens (including phenoxy) is 1. The number of hydrogen-bond donors (Lipinski definition) is 1. The van der Waals surface area contributed by atoms with Crippen LogP contribution in [-0.2, 0) is 14.8 Å². The van der Waals surface area contributed by atoms with Gasteiger partial charge in [0, 0.05) is 12.6 Å². The van der Waals surface area contributed by atoms with Gasteiger partial charge in [0.05, 0.1) is 17.7 Å². The fraction of sp³-hybridized carbons (Fsp3) is 0.458. The maximum absolute atomic E-state index is 13.3. The minimum absolute atomic E-state index is 0.136. The van der Waals surface area contributed by atoms with Gasteiger partial charge in [0.15, 0.2) is 0 Å². The van der Waals surface area contributed by atoms with Gasteiger partial charge in [-0.2, -0.15) is 0 Å². The third kappa shape index (κ3) is 6.71. The molecule has 0 atom stereocenters. The summed E-state index contributed by atoms with van der Waals surface area (Å²) in [7, 11) is -2.40. The number of rotatable bonds is 10. The van der Waals surface area contributed by atoms with Crippen molar-refractivity contribution in [3.05, 3.63) is 54.6 Å². The Bertz CT molecular complexity index is 958. The minimum Gasteiger partial charge on any atom is -0.497 e. The van der Waals surface area contributed by atoms with Crippen LogP contribution in [0, 0.1) is 0 Å². The number of amides is 1. The molecule has 1 fully saturated rings. The number of sulfonamides is 1. The first-order valence-corrected chi connectivity index (χ1v) is 12.7. The van der Waals surface area contributed by atoms with E-state index in [4.69, 9.17) is 4.74 Å². The molecule has 8 heteroatoms. The van der Waals surface area contributed by atoms with Crippen LogP contribution in [0.2, 0.25) is 0 Å². The average molecular weight is 460 g/mol. The van der Waals surface area contributed by atoms with Gasteiger partial charge in [-0.15, -0.1) is 0 Å². The Morgan fingerprint density at radius 2 is 1.75 bits per heavy atom. The molecule has 0 aromatic heterocycles. The van der Waals surface area contributed by atoms with Crippen LogP contribution in [0.5, 0.6) is 5.75 Å². The number of anilines is 1. The zero-order chi connectivity index (χ0) is 22.8. The molecule has 32 heavy (non-hydrogen) atoms. The molecule has 1 aliphatic heterocycles. The van der Waals surface area contributed by atoms with Gasteiger partial charge in [0.25, 0.3) is 10.0 Å². The Balaban J connectivity index is 1.66. The Morgan fingerprint density at radius 1 is 1.03 bits per heavy atom. The van der Waals surface area contributed by atoms with Gasteiger partial charge in [-0.1, -0.05) is 37.1 Å². The lowest BCUT2D eigenvalue weighted by Gasteiger charge is -2.24. The fourth-order valence-electron chi connectivity index (χ4n) is 3.88. The van der Waals surface area contributed by atoms with Crippen molar-refractivity contribution in [1.82, 2.24) is 10.2 Å². The molecule has 0 radical (unpaired) electrons. The number of benzene rings is 2. The Morgan fingerprint density at radius 3 is 2.44 bits per heavy atom. The number of hydrogen-bond acceptors (Lipinski definition) is 5. The van der Waals surface area contributed by atoms with Crippen molar-refractivity contribution in [3.63, 3.8) is 0 Å². The van der Waals surface area contributed by atoms with Gasteiger partial charge < -0.3 is 15.0 Å². The molecule has 1 N–H and O–H groups in total. The van der Waals surface area contributed by atoms with Gasteiger partial charge in [0.2, 0.25) is 5.91 Å². The summed E-state index contributed by atoms with van der Waals surface area (Å²) in [4.78, 5) is 15.3. The van der Waals surface area contributed by atoms with E-state index in [-0.39, 0.29) is 17.3 Å². The number of nitrogens with one attached hydrogen (secondary N) is 1. The highest BCUT2D eigenvalue weighted by Crippen LogP contribution is 2.26. The molecule has 1 aliphatic rings. The van der Waals surface area contributed by atoms with Gasteiger partial charge >= 0.3 is 0 Å². The van der Waals surface area contributed by atoms with Crippen LogP contribution in [0.1, 0.15) is 32.1 Å². The van der Waals surface area contributed by atoms with E-state index in [0.717, 1.165) is 30.4 Å². The molecule has 0 unspecified atom stereocenters. The average Bonchev–Trinajstić information content (AvgIpc) is 3.09. The number of methoxy groups -OCH3 is 1. The van der Waals surface area contributed by atoms with E-state index < -0.39 is 10.0 Å². The second-order valence-electron chi connectivity index (χ2n) is 7.99. The fourth-order valence-corrected chi connectivity index (χ4v) is 5.31. The van der Waals surface area contributed by atoms with Crippen molar-refractivity contribution >= 4 is 21.6 Å². The first-order valence-electron chi connectivity index (χ1n) is 11.2. The summed E-state index contributed by atoms with van der Waals surface area (Å²) in [5.41, 5.74) is 0.382. The Kier molecular flexibility index (Phi) is 8.93. The standard InChI is InChI=1S/C24H33N3O4S/c1-31-22-12-9-11-21(19-22)27(32(29,30)23-13-5-4-6-14-23)20-24(28)25-15-10-18-26-16-7-2-3-8-17-26/h4-6,9,11-14,19H,2-3,7-8,10,15-18,20H2,1H3,(H,25,28). The predicted octanol–water partition coefficient (Wildman–Crippen LogP) is 3.27. The summed E-state index contributed by atoms with van der Waals surface area (Å²) >= 11 is 0. The summed E-state index contributed by atoms with van der Waals surface area (Å²) in [5, 5.41) is 2.89. The maximum atomic E-state index is 13.3. The van der Waals surface area contributed by atoms with Crippen molar-refractivity contribution in [2.24, 2.45) is 0 Å². The lowest BCUT2D eigenvalue weighted by atomic mass is 10.2. The smallest absolute Gasteiger partial charge is 0.264 e. The highest BCUT2D eigenvalue weighted by Gasteiger charge is 2.27. The molecule has 0 saturated carbocycles. The third-order valence-corrected chi connectivity index (χ3v) is 7.42. The molecule has 2 aromatic rings. The molecule has 7 nitrogen and oxygen atoms in total. The van der Waals surface area contributed by atoms with Crippen molar-refractivity contribution in [2.45, 2.75) is 37.0 Å². The second-order valence-corrected chi connectivity index (χ2v) is 9.85. The van der Waals surface area contributed by atoms with E-state index in [9.17, 15) is 13.2 Å². The SMILES string of the molecule is COc1cccc(N(CC(=O)NCCCN2CCCCCC2)S(=O)(=O)c2ccccc2)c1. The van der Waals surface area contributed by atoms with Gasteiger partial charge in [-0.3, -0.25) is 9.10 Å². The summed E-state index contributed by atoms with van der Waals surface area (Å²) < 4.78 is 33.1. The third-order valence-electron chi connectivity index (χ3n) is 5.63.